The van der Waals surface area contributed by atoms with Gasteiger partial charge in [-0.3, -0.25) is 0 Å². The second kappa shape index (κ2) is 7.67. The highest BCUT2D eigenvalue weighted by molar-refractivity contribution is 5.74. The maximum Gasteiger partial charge on any atom is 0.317 e. The molecule has 2 amide bonds. The lowest BCUT2D eigenvalue weighted by molar-refractivity contribution is 0.202. The van der Waals surface area contributed by atoms with E-state index in [1.165, 1.54) is 0 Å². The molecule has 1 N–H and O–H groups in total. The number of hydrogen-bond acceptors (Lipinski definition) is 3. The van der Waals surface area contributed by atoms with Crippen LogP contribution in [0.3, 0.4) is 0 Å². The standard InChI is InChI=1S/C17H24N4O2/c1-13(2)19-17(22)20(3)12-16-18-9-10-21(16)11-14-5-7-15(23-4)8-6-14/h5-10,13H,11-12H2,1-4H3,(H,19,22). The van der Waals surface area contributed by atoms with Crippen LogP contribution in [0.2, 0.25) is 0 Å². The summed E-state index contributed by atoms with van der Waals surface area (Å²) in [6.07, 6.45) is 3.68. The largest absolute Gasteiger partial charge is 0.497 e. The molecule has 6 heteroatoms. The van der Waals surface area contributed by atoms with Gasteiger partial charge in [-0.2, -0.15) is 0 Å². The molecule has 2 aromatic rings. The van der Waals surface area contributed by atoms with Crippen molar-refractivity contribution in [2.24, 2.45) is 0 Å². The Labute approximate surface area is 137 Å². The number of nitrogens with one attached hydrogen (secondary N) is 1. The van der Waals surface area contributed by atoms with Crippen molar-refractivity contribution in [3.63, 3.8) is 0 Å². The van der Waals surface area contributed by atoms with Crippen LogP contribution in [0.4, 0.5) is 4.79 Å². The summed E-state index contributed by atoms with van der Waals surface area (Å²) in [5.74, 6) is 1.69. The molecule has 0 unspecified atom stereocenters. The summed E-state index contributed by atoms with van der Waals surface area (Å²) in [6.45, 7) is 5.05. The highest BCUT2D eigenvalue weighted by Crippen LogP contribution is 2.13. The summed E-state index contributed by atoms with van der Waals surface area (Å²) in [6, 6.07) is 7.95. The van der Waals surface area contributed by atoms with Gasteiger partial charge < -0.3 is 19.5 Å². The predicted molar refractivity (Wildman–Crippen MR) is 89.5 cm³/mol. The molecule has 0 radical (unpaired) electrons. The third kappa shape index (κ3) is 4.74. The Bertz CT molecular complexity index is 634. The second-order valence-electron chi connectivity index (χ2n) is 5.78. The lowest BCUT2D eigenvalue weighted by Gasteiger charge is -2.20. The first-order chi connectivity index (χ1) is 11.0. The van der Waals surface area contributed by atoms with Gasteiger partial charge in [-0.05, 0) is 31.5 Å². The Morgan fingerprint density at radius 2 is 2.04 bits per heavy atom. The molecular formula is C17H24N4O2. The van der Waals surface area contributed by atoms with E-state index in [1.54, 1.807) is 25.3 Å². The Hall–Kier alpha value is -2.50. The van der Waals surface area contributed by atoms with E-state index in [9.17, 15) is 4.79 Å². The molecule has 1 aromatic heterocycles. The SMILES string of the molecule is COc1ccc(Cn2ccnc2CN(C)C(=O)NC(C)C)cc1. The van der Waals surface area contributed by atoms with Crippen molar-refractivity contribution in [1.82, 2.24) is 19.8 Å². The third-order valence-electron chi connectivity index (χ3n) is 3.45. The number of urea groups is 1. The molecule has 0 fully saturated rings. The molecule has 0 saturated carbocycles. The van der Waals surface area contributed by atoms with Gasteiger partial charge in [0, 0.05) is 32.0 Å². The Morgan fingerprint density at radius 3 is 2.65 bits per heavy atom. The number of benzene rings is 1. The smallest absolute Gasteiger partial charge is 0.317 e. The minimum atomic E-state index is -0.0982. The van der Waals surface area contributed by atoms with Gasteiger partial charge in [0.05, 0.1) is 13.7 Å². The van der Waals surface area contributed by atoms with E-state index in [4.69, 9.17) is 4.74 Å². The van der Waals surface area contributed by atoms with E-state index in [0.717, 1.165) is 17.1 Å². The number of ether oxygens (including phenoxy) is 1. The van der Waals surface area contributed by atoms with Crippen LogP contribution in [0.25, 0.3) is 0 Å². The zero-order chi connectivity index (χ0) is 16.8. The van der Waals surface area contributed by atoms with Crippen LogP contribution in [0.5, 0.6) is 5.75 Å². The van der Waals surface area contributed by atoms with Crippen molar-refractivity contribution in [2.75, 3.05) is 14.2 Å². The molecule has 6 nitrogen and oxygen atoms in total. The van der Waals surface area contributed by atoms with Crippen LogP contribution >= 0.6 is 0 Å². The summed E-state index contributed by atoms with van der Waals surface area (Å²) in [7, 11) is 3.42. The molecule has 23 heavy (non-hydrogen) atoms. The van der Waals surface area contributed by atoms with Crippen LogP contribution in [-0.4, -0.2) is 40.7 Å². The van der Waals surface area contributed by atoms with E-state index >= 15 is 0 Å². The fraction of sp³-hybridized carbons (Fsp3) is 0.412. The number of imidazole rings is 1. The number of aromatic nitrogens is 2. The van der Waals surface area contributed by atoms with Crippen LogP contribution in [0.1, 0.15) is 25.2 Å². The lowest BCUT2D eigenvalue weighted by atomic mass is 10.2. The minimum Gasteiger partial charge on any atom is -0.497 e. The molecule has 0 spiro atoms. The van der Waals surface area contributed by atoms with E-state index < -0.39 is 0 Å². The van der Waals surface area contributed by atoms with Gasteiger partial charge in [0.2, 0.25) is 0 Å². The molecule has 0 bridgehead atoms. The number of nitrogens with zero attached hydrogens (tertiary/aromatic N) is 3. The van der Waals surface area contributed by atoms with Crippen molar-refractivity contribution in [3.05, 3.63) is 48.0 Å². The van der Waals surface area contributed by atoms with Gasteiger partial charge in [0.1, 0.15) is 11.6 Å². The highest BCUT2D eigenvalue weighted by Gasteiger charge is 2.13. The molecule has 1 heterocycles. The molecule has 1 aromatic carbocycles. The molecule has 0 saturated heterocycles. The van der Waals surface area contributed by atoms with Gasteiger partial charge in [-0.15, -0.1) is 0 Å². The molecule has 2 rings (SSSR count). The lowest BCUT2D eigenvalue weighted by Crippen LogP contribution is -2.40. The summed E-state index contributed by atoms with van der Waals surface area (Å²) in [5.41, 5.74) is 1.15. The minimum absolute atomic E-state index is 0.0982. The number of amides is 2. The number of hydrogen-bond donors (Lipinski definition) is 1. The first-order valence-corrected chi connectivity index (χ1v) is 7.64. The first kappa shape index (κ1) is 16.9. The van der Waals surface area contributed by atoms with Crippen LogP contribution in [0.15, 0.2) is 36.7 Å². The molecule has 0 aliphatic heterocycles. The summed E-state index contributed by atoms with van der Waals surface area (Å²) >= 11 is 0. The molecule has 124 valence electrons. The zero-order valence-corrected chi connectivity index (χ0v) is 14.1. The molecule has 0 atom stereocenters. The zero-order valence-electron chi connectivity index (χ0n) is 14.1. The highest BCUT2D eigenvalue weighted by atomic mass is 16.5. The van der Waals surface area contributed by atoms with Gasteiger partial charge in [0.25, 0.3) is 0 Å². The second-order valence-corrected chi connectivity index (χ2v) is 5.78. The van der Waals surface area contributed by atoms with Crippen molar-refractivity contribution >= 4 is 6.03 Å². The monoisotopic (exact) mass is 316 g/mol. The maximum absolute atomic E-state index is 12.0. The number of carbonyl (C=O) groups is 1. The summed E-state index contributed by atoms with van der Waals surface area (Å²) in [5, 5.41) is 2.87. The summed E-state index contributed by atoms with van der Waals surface area (Å²) in [4.78, 5) is 18.0. The first-order valence-electron chi connectivity index (χ1n) is 7.64. The normalized spacial score (nSPS) is 10.7. The van der Waals surface area contributed by atoms with E-state index in [0.29, 0.717) is 13.1 Å². The van der Waals surface area contributed by atoms with E-state index in [-0.39, 0.29) is 12.1 Å². The number of rotatable bonds is 6. The predicted octanol–water partition coefficient (Wildman–Crippen LogP) is 2.49. The average Bonchev–Trinajstić information content (AvgIpc) is 2.94. The Kier molecular flexibility index (Phi) is 5.62. The quantitative estimate of drug-likeness (QED) is 0.891. The van der Waals surface area contributed by atoms with Gasteiger partial charge in [0.15, 0.2) is 0 Å². The Morgan fingerprint density at radius 1 is 1.35 bits per heavy atom. The molecule has 0 aliphatic rings. The van der Waals surface area contributed by atoms with Gasteiger partial charge >= 0.3 is 6.03 Å². The van der Waals surface area contributed by atoms with Crippen molar-refractivity contribution in [1.29, 1.82) is 0 Å². The maximum atomic E-state index is 12.0. The Balaban J connectivity index is 2.02. The molecule has 0 aliphatic carbocycles. The average molecular weight is 316 g/mol. The van der Waals surface area contributed by atoms with E-state index in [1.807, 2.05) is 48.9 Å². The van der Waals surface area contributed by atoms with Crippen LogP contribution in [-0.2, 0) is 13.1 Å². The number of methoxy groups -OCH3 is 1. The van der Waals surface area contributed by atoms with Gasteiger partial charge in [-0.1, -0.05) is 12.1 Å². The van der Waals surface area contributed by atoms with E-state index in [2.05, 4.69) is 10.3 Å². The molecular weight excluding hydrogens is 292 g/mol. The van der Waals surface area contributed by atoms with Crippen LogP contribution < -0.4 is 10.1 Å². The van der Waals surface area contributed by atoms with Crippen molar-refractivity contribution < 1.29 is 9.53 Å². The van der Waals surface area contributed by atoms with Crippen molar-refractivity contribution in [3.8, 4) is 5.75 Å². The van der Waals surface area contributed by atoms with Crippen LogP contribution in [0, 0.1) is 0 Å². The topological polar surface area (TPSA) is 59.4 Å². The van der Waals surface area contributed by atoms with Crippen molar-refractivity contribution in [2.45, 2.75) is 33.0 Å². The fourth-order valence-corrected chi connectivity index (χ4v) is 2.20. The third-order valence-corrected chi connectivity index (χ3v) is 3.45. The number of carbonyl (C=O) groups excluding carboxylic acids is 1. The van der Waals surface area contributed by atoms with Gasteiger partial charge in [-0.25, -0.2) is 9.78 Å². The fourth-order valence-electron chi connectivity index (χ4n) is 2.20. The summed E-state index contributed by atoms with van der Waals surface area (Å²) < 4.78 is 7.21.